The maximum absolute atomic E-state index is 6.14. The molecular formula is C15H24Cl4N2. The summed E-state index contributed by atoms with van der Waals surface area (Å²) in [5.74, 6) is 0. The number of hydrogen-bond acceptors (Lipinski definition) is 2. The molecule has 1 aliphatic rings. The van der Waals surface area contributed by atoms with Gasteiger partial charge in [-0.3, -0.25) is 0 Å². The zero-order valence-corrected chi connectivity index (χ0v) is 15.3. The van der Waals surface area contributed by atoms with E-state index in [-0.39, 0.29) is 24.8 Å². The van der Waals surface area contributed by atoms with Crippen LogP contribution in [0.1, 0.15) is 31.2 Å². The Labute approximate surface area is 150 Å². The Hall–Kier alpha value is 0.300. The Kier molecular flexibility index (Phi) is 12.0. The van der Waals surface area contributed by atoms with Crippen molar-refractivity contribution in [3.63, 3.8) is 0 Å². The summed E-state index contributed by atoms with van der Waals surface area (Å²) in [5.41, 5.74) is 1.00. The third-order valence-electron chi connectivity index (χ3n) is 3.67. The molecular weight excluding hydrogens is 350 g/mol. The first-order chi connectivity index (χ1) is 9.27. The van der Waals surface area contributed by atoms with E-state index < -0.39 is 0 Å². The molecule has 1 saturated heterocycles. The molecule has 1 fully saturated rings. The van der Waals surface area contributed by atoms with Crippen molar-refractivity contribution in [2.75, 3.05) is 26.2 Å². The van der Waals surface area contributed by atoms with Gasteiger partial charge in [-0.05, 0) is 38.1 Å². The second kappa shape index (κ2) is 11.8. The molecule has 1 aliphatic heterocycles. The van der Waals surface area contributed by atoms with E-state index in [9.17, 15) is 0 Å². The Bertz CT molecular complexity index is 373. The van der Waals surface area contributed by atoms with Crippen LogP contribution in [0.4, 0.5) is 0 Å². The van der Waals surface area contributed by atoms with Gasteiger partial charge in [-0.15, -0.1) is 24.8 Å². The highest BCUT2D eigenvalue weighted by molar-refractivity contribution is 6.35. The van der Waals surface area contributed by atoms with E-state index in [4.69, 9.17) is 23.2 Å². The number of nitrogens with zero attached hydrogens (tertiary/aromatic N) is 1. The molecule has 6 heteroatoms. The van der Waals surface area contributed by atoms with Crippen molar-refractivity contribution in [3.8, 4) is 0 Å². The molecule has 0 unspecified atom stereocenters. The number of rotatable bonds is 5. The molecule has 0 aromatic heterocycles. The monoisotopic (exact) mass is 372 g/mol. The van der Waals surface area contributed by atoms with Crippen molar-refractivity contribution in [1.82, 2.24) is 10.2 Å². The third-order valence-corrected chi connectivity index (χ3v) is 4.38. The van der Waals surface area contributed by atoms with Crippen LogP contribution in [0.25, 0.3) is 0 Å². The fraction of sp³-hybridized carbons (Fsp3) is 0.600. The average molecular weight is 374 g/mol. The summed E-state index contributed by atoms with van der Waals surface area (Å²) in [6.45, 7) is 5.33. The maximum Gasteiger partial charge on any atom is 0.0465 e. The minimum absolute atomic E-state index is 0. The van der Waals surface area contributed by atoms with Crippen molar-refractivity contribution >= 4 is 48.0 Å². The lowest BCUT2D eigenvalue weighted by atomic mass is 10.2. The Balaban J connectivity index is 0.00000200. The van der Waals surface area contributed by atoms with E-state index in [1.807, 2.05) is 18.2 Å². The van der Waals surface area contributed by atoms with Gasteiger partial charge in [0.05, 0.1) is 0 Å². The minimum Gasteiger partial charge on any atom is -0.311 e. The van der Waals surface area contributed by atoms with Gasteiger partial charge < -0.3 is 10.2 Å². The zero-order valence-electron chi connectivity index (χ0n) is 12.1. The fourth-order valence-electron chi connectivity index (χ4n) is 2.51. The van der Waals surface area contributed by atoms with Crippen molar-refractivity contribution in [3.05, 3.63) is 33.8 Å². The van der Waals surface area contributed by atoms with E-state index in [1.54, 1.807) is 0 Å². The molecule has 0 atom stereocenters. The molecule has 0 spiro atoms. The number of nitrogens with one attached hydrogen (secondary N) is 1. The minimum atomic E-state index is 0. The number of halogens is 4. The standard InChI is InChI=1S/C15H22Cl2N2.2ClH/c16-14-6-5-7-15(17)13(14)12-18-8-11-19-9-3-1-2-4-10-19;;/h5-7,18H,1-4,8-12H2;2*1H. The quantitative estimate of drug-likeness (QED) is 0.745. The third kappa shape index (κ3) is 7.40. The lowest BCUT2D eigenvalue weighted by Gasteiger charge is -2.20. The molecule has 1 N–H and O–H groups in total. The van der Waals surface area contributed by atoms with Crippen LogP contribution in [0.15, 0.2) is 18.2 Å². The maximum atomic E-state index is 6.14. The Morgan fingerprint density at radius 3 is 2.10 bits per heavy atom. The lowest BCUT2D eigenvalue weighted by molar-refractivity contribution is 0.284. The lowest BCUT2D eigenvalue weighted by Crippen LogP contribution is -2.32. The molecule has 0 radical (unpaired) electrons. The van der Waals surface area contributed by atoms with Crippen LogP contribution in [0.2, 0.25) is 10.0 Å². The first-order valence-corrected chi connectivity index (χ1v) is 7.89. The van der Waals surface area contributed by atoms with Gasteiger partial charge in [-0.2, -0.15) is 0 Å². The molecule has 1 aromatic rings. The van der Waals surface area contributed by atoms with Crippen LogP contribution >= 0.6 is 48.0 Å². The van der Waals surface area contributed by atoms with Gasteiger partial charge in [0.1, 0.15) is 0 Å². The van der Waals surface area contributed by atoms with Gasteiger partial charge in [-0.1, -0.05) is 42.1 Å². The predicted molar refractivity (Wildman–Crippen MR) is 97.6 cm³/mol. The molecule has 0 aliphatic carbocycles. The Morgan fingerprint density at radius 2 is 1.52 bits per heavy atom. The molecule has 0 amide bonds. The van der Waals surface area contributed by atoms with E-state index >= 15 is 0 Å². The molecule has 2 nitrogen and oxygen atoms in total. The normalized spacial score (nSPS) is 15.7. The smallest absolute Gasteiger partial charge is 0.0465 e. The Morgan fingerprint density at radius 1 is 0.952 bits per heavy atom. The van der Waals surface area contributed by atoms with Gasteiger partial charge in [0.15, 0.2) is 0 Å². The van der Waals surface area contributed by atoms with Crippen molar-refractivity contribution in [2.45, 2.75) is 32.2 Å². The second-order valence-electron chi connectivity index (χ2n) is 5.13. The van der Waals surface area contributed by atoms with E-state index in [0.717, 1.165) is 35.2 Å². The van der Waals surface area contributed by atoms with Gasteiger partial charge in [0.2, 0.25) is 0 Å². The average Bonchev–Trinajstić information content (AvgIpc) is 2.66. The van der Waals surface area contributed by atoms with Gasteiger partial charge in [0.25, 0.3) is 0 Å². The van der Waals surface area contributed by atoms with Crippen molar-refractivity contribution < 1.29 is 0 Å². The highest BCUT2D eigenvalue weighted by atomic mass is 35.5. The van der Waals surface area contributed by atoms with E-state index in [0.29, 0.717) is 0 Å². The summed E-state index contributed by atoms with van der Waals surface area (Å²) >= 11 is 12.3. The van der Waals surface area contributed by atoms with Crippen molar-refractivity contribution in [1.29, 1.82) is 0 Å². The van der Waals surface area contributed by atoms with Crippen LogP contribution in [0.3, 0.4) is 0 Å². The van der Waals surface area contributed by atoms with Crippen LogP contribution in [-0.2, 0) is 6.54 Å². The molecule has 1 aromatic carbocycles. The van der Waals surface area contributed by atoms with Gasteiger partial charge in [0, 0.05) is 35.2 Å². The fourth-order valence-corrected chi connectivity index (χ4v) is 3.04. The molecule has 21 heavy (non-hydrogen) atoms. The summed E-state index contributed by atoms with van der Waals surface area (Å²) in [5, 5.41) is 4.93. The SMILES string of the molecule is Cl.Cl.Clc1cccc(Cl)c1CNCCN1CCCCCC1. The summed E-state index contributed by atoms with van der Waals surface area (Å²) in [4.78, 5) is 2.55. The topological polar surface area (TPSA) is 15.3 Å². The van der Waals surface area contributed by atoms with Crippen LogP contribution in [0.5, 0.6) is 0 Å². The molecule has 122 valence electrons. The largest absolute Gasteiger partial charge is 0.311 e. The summed E-state index contributed by atoms with van der Waals surface area (Å²) in [7, 11) is 0. The first kappa shape index (κ1) is 21.3. The van der Waals surface area contributed by atoms with Crippen LogP contribution in [0, 0.1) is 0 Å². The van der Waals surface area contributed by atoms with Gasteiger partial charge >= 0.3 is 0 Å². The number of likely N-dealkylation sites (tertiary alicyclic amines) is 1. The van der Waals surface area contributed by atoms with E-state index in [1.165, 1.54) is 38.8 Å². The van der Waals surface area contributed by atoms with Crippen molar-refractivity contribution in [2.24, 2.45) is 0 Å². The summed E-state index contributed by atoms with van der Waals surface area (Å²) in [6, 6.07) is 5.66. The highest BCUT2D eigenvalue weighted by Gasteiger charge is 2.09. The zero-order chi connectivity index (χ0) is 13.5. The number of benzene rings is 1. The molecule has 0 bridgehead atoms. The predicted octanol–water partition coefficient (Wildman–Crippen LogP) is 4.80. The first-order valence-electron chi connectivity index (χ1n) is 7.13. The molecule has 2 rings (SSSR count). The van der Waals surface area contributed by atoms with Crippen LogP contribution in [-0.4, -0.2) is 31.1 Å². The molecule has 1 heterocycles. The van der Waals surface area contributed by atoms with Crippen LogP contribution < -0.4 is 5.32 Å². The summed E-state index contributed by atoms with van der Waals surface area (Å²) in [6.07, 6.45) is 5.46. The molecule has 0 saturated carbocycles. The second-order valence-corrected chi connectivity index (χ2v) is 5.95. The highest BCUT2D eigenvalue weighted by Crippen LogP contribution is 2.23. The van der Waals surface area contributed by atoms with Gasteiger partial charge in [-0.25, -0.2) is 0 Å². The summed E-state index contributed by atoms with van der Waals surface area (Å²) < 4.78 is 0. The van der Waals surface area contributed by atoms with E-state index in [2.05, 4.69) is 10.2 Å². The number of hydrogen-bond donors (Lipinski definition) is 1.